The topological polar surface area (TPSA) is 20.3 Å². The molecular weight excluding hydrogens is 272 g/mol. The van der Waals surface area contributed by atoms with Gasteiger partial charge in [0.25, 0.3) is 0 Å². The van der Waals surface area contributed by atoms with Gasteiger partial charge in [0.1, 0.15) is 11.6 Å². The highest BCUT2D eigenvalue weighted by atomic mass is 19.1. The number of para-hydroxylation sites is 1. The van der Waals surface area contributed by atoms with Crippen molar-refractivity contribution in [2.75, 3.05) is 11.9 Å². The molecule has 0 bridgehead atoms. The number of benzene rings is 2. The van der Waals surface area contributed by atoms with Gasteiger partial charge >= 0.3 is 0 Å². The molecule has 2 aromatic rings. The lowest BCUT2D eigenvalue weighted by atomic mass is 10.1. The van der Waals surface area contributed by atoms with Crippen LogP contribution in [0.3, 0.4) is 0 Å². The molecule has 0 saturated heterocycles. The highest BCUT2D eigenvalue weighted by molar-refractivity contribution is 5.97. The van der Waals surface area contributed by atoms with Crippen molar-refractivity contribution >= 4 is 11.6 Å². The van der Waals surface area contributed by atoms with Gasteiger partial charge in [-0.2, -0.15) is 0 Å². The fourth-order valence-corrected chi connectivity index (χ4v) is 2.68. The molecule has 1 fully saturated rings. The zero-order valence-corrected chi connectivity index (χ0v) is 11.6. The van der Waals surface area contributed by atoms with Crippen LogP contribution in [-0.4, -0.2) is 13.0 Å². The molecule has 1 aliphatic carbocycles. The lowest BCUT2D eigenvalue weighted by Gasteiger charge is -2.18. The van der Waals surface area contributed by atoms with Crippen molar-refractivity contribution in [3.63, 3.8) is 0 Å². The van der Waals surface area contributed by atoms with Gasteiger partial charge in [-0.3, -0.25) is 4.79 Å². The van der Waals surface area contributed by atoms with Gasteiger partial charge in [-0.1, -0.05) is 30.3 Å². The van der Waals surface area contributed by atoms with Gasteiger partial charge in [0.15, 0.2) is 0 Å². The Morgan fingerprint density at radius 3 is 2.33 bits per heavy atom. The summed E-state index contributed by atoms with van der Waals surface area (Å²) in [7, 11) is 1.55. The van der Waals surface area contributed by atoms with Crippen molar-refractivity contribution in [1.82, 2.24) is 0 Å². The summed E-state index contributed by atoms with van der Waals surface area (Å²) in [6.45, 7) is 0. The molecule has 0 aliphatic heterocycles. The Morgan fingerprint density at radius 1 is 1.05 bits per heavy atom. The maximum absolute atomic E-state index is 13.7. The van der Waals surface area contributed by atoms with Gasteiger partial charge in [-0.05, 0) is 36.1 Å². The summed E-state index contributed by atoms with van der Waals surface area (Å²) in [5.41, 5.74) is 0.819. The van der Waals surface area contributed by atoms with Crippen molar-refractivity contribution in [3.8, 4) is 0 Å². The Morgan fingerprint density at radius 2 is 1.67 bits per heavy atom. The van der Waals surface area contributed by atoms with E-state index in [-0.39, 0.29) is 29.2 Å². The number of amides is 1. The molecule has 21 heavy (non-hydrogen) atoms. The van der Waals surface area contributed by atoms with E-state index in [4.69, 9.17) is 0 Å². The maximum Gasteiger partial charge on any atom is 0.230 e. The SMILES string of the molecule is CN(C(=O)[C@@H]1C[C@H]1c1ccccc1F)c1ccccc1F. The molecule has 1 saturated carbocycles. The molecule has 2 atom stereocenters. The van der Waals surface area contributed by atoms with E-state index < -0.39 is 5.82 Å². The molecule has 0 radical (unpaired) electrons. The smallest absolute Gasteiger partial charge is 0.230 e. The fraction of sp³-hybridized carbons (Fsp3) is 0.235. The van der Waals surface area contributed by atoms with Gasteiger partial charge < -0.3 is 4.90 Å². The van der Waals surface area contributed by atoms with Crippen LogP contribution < -0.4 is 4.90 Å². The van der Waals surface area contributed by atoms with Crippen LogP contribution in [0.25, 0.3) is 0 Å². The minimum absolute atomic E-state index is 0.104. The number of carbonyl (C=O) groups is 1. The molecule has 2 nitrogen and oxygen atoms in total. The van der Waals surface area contributed by atoms with Crippen LogP contribution in [0.15, 0.2) is 48.5 Å². The number of halogens is 2. The summed E-state index contributed by atoms with van der Waals surface area (Å²) < 4.78 is 27.4. The van der Waals surface area contributed by atoms with Crippen molar-refractivity contribution in [2.24, 2.45) is 5.92 Å². The number of nitrogens with zero attached hydrogens (tertiary/aromatic N) is 1. The predicted molar refractivity (Wildman–Crippen MR) is 77.1 cm³/mol. The van der Waals surface area contributed by atoms with Crippen LogP contribution >= 0.6 is 0 Å². The molecular formula is C17H15F2NO. The Kier molecular flexibility index (Phi) is 3.45. The quantitative estimate of drug-likeness (QED) is 0.842. The van der Waals surface area contributed by atoms with Crippen molar-refractivity contribution in [3.05, 3.63) is 65.7 Å². The Hall–Kier alpha value is -2.23. The van der Waals surface area contributed by atoms with E-state index in [1.165, 1.54) is 17.0 Å². The zero-order chi connectivity index (χ0) is 15.0. The monoisotopic (exact) mass is 287 g/mol. The summed E-state index contributed by atoms with van der Waals surface area (Å²) in [4.78, 5) is 13.7. The molecule has 0 unspecified atom stereocenters. The third-order valence-electron chi connectivity index (χ3n) is 3.96. The van der Waals surface area contributed by atoms with Crippen LogP contribution in [-0.2, 0) is 4.79 Å². The normalized spacial score (nSPS) is 20.1. The van der Waals surface area contributed by atoms with Crippen molar-refractivity contribution in [1.29, 1.82) is 0 Å². The van der Waals surface area contributed by atoms with Crippen LogP contribution in [0.5, 0.6) is 0 Å². The molecule has 1 aliphatic rings. The molecule has 2 aromatic carbocycles. The number of carbonyl (C=O) groups excluding carboxylic acids is 1. The van der Waals surface area contributed by atoms with Gasteiger partial charge in [0.2, 0.25) is 5.91 Å². The van der Waals surface area contributed by atoms with E-state index in [2.05, 4.69) is 0 Å². The van der Waals surface area contributed by atoms with Gasteiger partial charge in [-0.25, -0.2) is 8.78 Å². The van der Waals surface area contributed by atoms with Crippen LogP contribution in [0.2, 0.25) is 0 Å². The predicted octanol–water partition coefficient (Wildman–Crippen LogP) is 3.73. The van der Waals surface area contributed by atoms with E-state index in [0.717, 1.165) is 0 Å². The third-order valence-corrected chi connectivity index (χ3v) is 3.96. The van der Waals surface area contributed by atoms with Gasteiger partial charge in [-0.15, -0.1) is 0 Å². The fourth-order valence-electron chi connectivity index (χ4n) is 2.68. The first-order valence-electron chi connectivity index (χ1n) is 6.86. The number of anilines is 1. The second-order valence-corrected chi connectivity index (χ2v) is 5.32. The molecule has 3 rings (SSSR count). The number of hydrogen-bond acceptors (Lipinski definition) is 1. The first-order valence-corrected chi connectivity index (χ1v) is 6.86. The maximum atomic E-state index is 13.7. The van der Waals surface area contributed by atoms with E-state index >= 15 is 0 Å². The third kappa shape index (κ3) is 2.53. The molecule has 4 heteroatoms. The summed E-state index contributed by atoms with van der Waals surface area (Å²) in [5, 5.41) is 0. The van der Waals surface area contributed by atoms with Crippen LogP contribution in [0.1, 0.15) is 17.9 Å². The van der Waals surface area contributed by atoms with Crippen LogP contribution in [0, 0.1) is 17.6 Å². The molecule has 0 spiro atoms. The minimum atomic E-state index is -0.434. The lowest BCUT2D eigenvalue weighted by Crippen LogP contribution is -2.29. The highest BCUT2D eigenvalue weighted by Gasteiger charge is 2.46. The van der Waals surface area contributed by atoms with Crippen molar-refractivity contribution in [2.45, 2.75) is 12.3 Å². The average molecular weight is 287 g/mol. The molecule has 108 valence electrons. The summed E-state index contributed by atoms with van der Waals surface area (Å²) >= 11 is 0. The van der Waals surface area contributed by atoms with E-state index in [1.807, 2.05) is 0 Å². The largest absolute Gasteiger partial charge is 0.313 e. The first kappa shape index (κ1) is 13.7. The average Bonchev–Trinajstić information content (AvgIpc) is 3.27. The number of hydrogen-bond donors (Lipinski definition) is 0. The Bertz CT molecular complexity index is 686. The number of rotatable bonds is 3. The molecule has 1 amide bonds. The first-order chi connectivity index (χ1) is 10.1. The summed E-state index contributed by atoms with van der Waals surface area (Å²) in [6, 6.07) is 12.6. The zero-order valence-electron chi connectivity index (χ0n) is 11.6. The highest BCUT2D eigenvalue weighted by Crippen LogP contribution is 2.49. The standard InChI is InChI=1S/C17H15F2NO/c1-20(16-9-5-4-8-15(16)19)17(21)13-10-12(13)11-6-2-3-7-14(11)18/h2-9,12-13H,10H2,1H3/t12-,13+/m0/s1. The summed E-state index contributed by atoms with van der Waals surface area (Å²) in [6.07, 6.45) is 0.610. The van der Waals surface area contributed by atoms with E-state index in [9.17, 15) is 13.6 Å². The van der Waals surface area contributed by atoms with E-state index in [1.54, 1.807) is 43.4 Å². The second kappa shape index (κ2) is 5.28. The second-order valence-electron chi connectivity index (χ2n) is 5.32. The molecule has 0 aromatic heterocycles. The Labute approximate surface area is 122 Å². The van der Waals surface area contributed by atoms with Gasteiger partial charge in [0.05, 0.1) is 5.69 Å². The van der Waals surface area contributed by atoms with Crippen molar-refractivity contribution < 1.29 is 13.6 Å². The molecule has 0 N–H and O–H groups in total. The minimum Gasteiger partial charge on any atom is -0.313 e. The lowest BCUT2D eigenvalue weighted by molar-refractivity contribution is -0.119. The Balaban J connectivity index is 1.76. The van der Waals surface area contributed by atoms with E-state index in [0.29, 0.717) is 12.0 Å². The van der Waals surface area contributed by atoms with Gasteiger partial charge in [0, 0.05) is 13.0 Å². The summed E-state index contributed by atoms with van der Waals surface area (Å²) in [5.74, 6) is -1.27. The van der Waals surface area contributed by atoms with Crippen LogP contribution in [0.4, 0.5) is 14.5 Å². The molecule has 0 heterocycles.